The van der Waals surface area contributed by atoms with Crippen LogP contribution in [0.5, 0.6) is 0 Å². The molecule has 21 heavy (non-hydrogen) atoms. The maximum absolute atomic E-state index is 12.5. The van der Waals surface area contributed by atoms with Crippen molar-refractivity contribution in [2.24, 2.45) is 5.92 Å². The zero-order valence-electron chi connectivity index (χ0n) is 13.1. The molecule has 1 aromatic rings. The summed E-state index contributed by atoms with van der Waals surface area (Å²) in [5, 5.41) is 3.35. The van der Waals surface area contributed by atoms with Gasteiger partial charge < -0.3 is 10.2 Å². The number of nitrogens with one attached hydrogen (secondary N) is 1. The van der Waals surface area contributed by atoms with Gasteiger partial charge >= 0.3 is 0 Å². The molecule has 1 aliphatic rings. The lowest BCUT2D eigenvalue weighted by atomic mass is 9.94. The highest BCUT2D eigenvalue weighted by Crippen LogP contribution is 2.18. The molecule has 0 atom stereocenters. The summed E-state index contributed by atoms with van der Waals surface area (Å²) in [6.07, 6.45) is 2.97. The summed E-state index contributed by atoms with van der Waals surface area (Å²) in [6, 6.07) is 8.33. The first kappa shape index (κ1) is 18.0. The summed E-state index contributed by atoms with van der Waals surface area (Å²) in [5.41, 5.74) is 2.52. The molecule has 1 aliphatic heterocycles. The molecule has 1 aromatic carbocycles. The highest BCUT2D eigenvalue weighted by Gasteiger charge is 2.20. The molecule has 0 radical (unpaired) electrons. The number of carbonyl (C=O) groups excluding carboxylic acids is 1. The van der Waals surface area contributed by atoms with E-state index in [-0.39, 0.29) is 12.4 Å². The van der Waals surface area contributed by atoms with Crippen LogP contribution in [0.3, 0.4) is 0 Å². The van der Waals surface area contributed by atoms with E-state index < -0.39 is 0 Å². The Balaban J connectivity index is 0.00000220. The summed E-state index contributed by atoms with van der Waals surface area (Å²) in [7, 11) is 0. The molecule has 3 nitrogen and oxygen atoms in total. The number of nitrogens with zero attached hydrogens (tertiary/aromatic N) is 1. The maximum atomic E-state index is 12.5. The zero-order chi connectivity index (χ0) is 14.4. The van der Waals surface area contributed by atoms with Gasteiger partial charge in [0.15, 0.2) is 0 Å². The molecule has 0 bridgehead atoms. The first-order valence-corrected chi connectivity index (χ1v) is 7.73. The van der Waals surface area contributed by atoms with Gasteiger partial charge in [0.25, 0.3) is 0 Å². The average molecular weight is 311 g/mol. The third-order valence-electron chi connectivity index (χ3n) is 4.28. The fraction of sp³-hybridized carbons (Fsp3) is 0.588. The van der Waals surface area contributed by atoms with Crippen LogP contribution in [0.4, 0.5) is 0 Å². The normalized spacial score (nSPS) is 15.3. The summed E-state index contributed by atoms with van der Waals surface area (Å²) < 4.78 is 0. The molecule has 4 heteroatoms. The van der Waals surface area contributed by atoms with E-state index in [1.54, 1.807) is 0 Å². The van der Waals surface area contributed by atoms with Crippen molar-refractivity contribution in [1.82, 2.24) is 10.2 Å². The van der Waals surface area contributed by atoms with E-state index in [0.29, 0.717) is 18.2 Å². The molecule has 1 heterocycles. The number of benzene rings is 1. The lowest BCUT2D eigenvalue weighted by Crippen LogP contribution is -2.35. The molecule has 1 saturated heterocycles. The minimum absolute atomic E-state index is 0. The molecule has 1 amide bonds. The van der Waals surface area contributed by atoms with Crippen LogP contribution in [0.1, 0.15) is 37.3 Å². The van der Waals surface area contributed by atoms with E-state index in [0.717, 1.165) is 39.0 Å². The van der Waals surface area contributed by atoms with Gasteiger partial charge in [-0.3, -0.25) is 4.79 Å². The first-order valence-electron chi connectivity index (χ1n) is 7.73. The van der Waals surface area contributed by atoms with Gasteiger partial charge in [0.2, 0.25) is 5.91 Å². The third-order valence-corrected chi connectivity index (χ3v) is 4.28. The van der Waals surface area contributed by atoms with Gasteiger partial charge in [0.1, 0.15) is 0 Å². The number of piperidine rings is 1. The van der Waals surface area contributed by atoms with Gasteiger partial charge in [0.05, 0.1) is 0 Å². The molecule has 0 unspecified atom stereocenters. The topological polar surface area (TPSA) is 32.3 Å². The standard InChI is InChI=1S/C17H26N2O.ClH/c1-3-19(13-16-7-5-4-6-14(16)2)17(20)12-15-8-10-18-11-9-15;/h4-7,15,18H,3,8-13H2,1-2H3;1H. The van der Waals surface area contributed by atoms with Crippen molar-refractivity contribution in [3.63, 3.8) is 0 Å². The van der Waals surface area contributed by atoms with Crippen molar-refractivity contribution in [2.75, 3.05) is 19.6 Å². The predicted octanol–water partition coefficient (Wildman–Crippen LogP) is 3.16. The van der Waals surface area contributed by atoms with Gasteiger partial charge in [0, 0.05) is 19.5 Å². The van der Waals surface area contributed by atoms with Crippen molar-refractivity contribution in [3.8, 4) is 0 Å². The van der Waals surface area contributed by atoms with Crippen LogP contribution >= 0.6 is 12.4 Å². The first-order chi connectivity index (χ1) is 9.70. The Morgan fingerprint density at radius 1 is 1.29 bits per heavy atom. The van der Waals surface area contributed by atoms with Crippen molar-refractivity contribution in [3.05, 3.63) is 35.4 Å². The summed E-state index contributed by atoms with van der Waals surface area (Å²) in [6.45, 7) is 7.83. The van der Waals surface area contributed by atoms with Crippen LogP contribution in [0.2, 0.25) is 0 Å². The van der Waals surface area contributed by atoms with Crippen molar-refractivity contribution < 1.29 is 4.79 Å². The molecule has 0 spiro atoms. The third kappa shape index (κ3) is 5.33. The Labute approximate surface area is 134 Å². The number of rotatable bonds is 5. The van der Waals surface area contributed by atoms with E-state index >= 15 is 0 Å². The Hall–Kier alpha value is -1.06. The number of halogens is 1. The van der Waals surface area contributed by atoms with E-state index in [1.165, 1.54) is 11.1 Å². The monoisotopic (exact) mass is 310 g/mol. The van der Waals surface area contributed by atoms with Crippen LogP contribution < -0.4 is 5.32 Å². The molecule has 0 aromatic heterocycles. The molecule has 1 N–H and O–H groups in total. The largest absolute Gasteiger partial charge is 0.339 e. The van der Waals surface area contributed by atoms with Gasteiger partial charge in [-0.1, -0.05) is 24.3 Å². The highest BCUT2D eigenvalue weighted by molar-refractivity contribution is 5.85. The highest BCUT2D eigenvalue weighted by atomic mass is 35.5. The molecule has 118 valence electrons. The molecule has 2 rings (SSSR count). The van der Waals surface area contributed by atoms with Gasteiger partial charge in [-0.2, -0.15) is 0 Å². The number of hydrogen-bond donors (Lipinski definition) is 1. The number of aryl methyl sites for hydroxylation is 1. The molecule has 0 aliphatic carbocycles. The summed E-state index contributed by atoms with van der Waals surface area (Å²) in [5.74, 6) is 0.873. The van der Waals surface area contributed by atoms with E-state index in [1.807, 2.05) is 17.0 Å². The molecule has 0 saturated carbocycles. The maximum Gasteiger partial charge on any atom is 0.223 e. The Morgan fingerprint density at radius 3 is 2.57 bits per heavy atom. The van der Waals surface area contributed by atoms with Gasteiger partial charge in [-0.25, -0.2) is 0 Å². The second-order valence-corrected chi connectivity index (χ2v) is 5.73. The quantitative estimate of drug-likeness (QED) is 0.906. The van der Waals surface area contributed by atoms with Crippen LogP contribution in [-0.2, 0) is 11.3 Å². The predicted molar refractivity (Wildman–Crippen MR) is 89.7 cm³/mol. The minimum Gasteiger partial charge on any atom is -0.339 e. The average Bonchev–Trinajstić information content (AvgIpc) is 2.47. The molecular formula is C17H27ClN2O. The number of carbonyl (C=O) groups is 1. The second-order valence-electron chi connectivity index (χ2n) is 5.73. The second kappa shape index (κ2) is 9.06. The minimum atomic E-state index is 0. The SMILES string of the molecule is CCN(Cc1ccccc1C)C(=O)CC1CCNCC1.Cl. The van der Waals surface area contributed by atoms with Crippen molar-refractivity contribution in [2.45, 2.75) is 39.7 Å². The van der Waals surface area contributed by atoms with E-state index in [4.69, 9.17) is 0 Å². The van der Waals surface area contributed by atoms with Crippen LogP contribution in [0.15, 0.2) is 24.3 Å². The summed E-state index contributed by atoms with van der Waals surface area (Å²) in [4.78, 5) is 14.5. The lowest BCUT2D eigenvalue weighted by Gasteiger charge is -2.27. The van der Waals surface area contributed by atoms with Crippen LogP contribution in [0.25, 0.3) is 0 Å². The number of amides is 1. The fourth-order valence-corrected chi connectivity index (χ4v) is 2.83. The zero-order valence-corrected chi connectivity index (χ0v) is 13.9. The van der Waals surface area contributed by atoms with Crippen LogP contribution in [0, 0.1) is 12.8 Å². The fourth-order valence-electron chi connectivity index (χ4n) is 2.83. The smallest absolute Gasteiger partial charge is 0.223 e. The van der Waals surface area contributed by atoms with E-state index in [9.17, 15) is 4.79 Å². The lowest BCUT2D eigenvalue weighted by molar-refractivity contribution is -0.132. The van der Waals surface area contributed by atoms with Crippen molar-refractivity contribution in [1.29, 1.82) is 0 Å². The van der Waals surface area contributed by atoms with Gasteiger partial charge in [-0.15, -0.1) is 12.4 Å². The Kier molecular flexibility index (Phi) is 7.76. The Bertz CT molecular complexity index is 444. The Morgan fingerprint density at radius 2 is 1.95 bits per heavy atom. The molecule has 1 fully saturated rings. The number of hydrogen-bond acceptors (Lipinski definition) is 2. The van der Waals surface area contributed by atoms with E-state index in [2.05, 4.69) is 31.3 Å². The molecular weight excluding hydrogens is 284 g/mol. The van der Waals surface area contributed by atoms with Crippen molar-refractivity contribution >= 4 is 18.3 Å². The summed E-state index contributed by atoms with van der Waals surface area (Å²) >= 11 is 0. The van der Waals surface area contributed by atoms with Crippen LogP contribution in [-0.4, -0.2) is 30.4 Å². The van der Waals surface area contributed by atoms with Gasteiger partial charge in [-0.05, 0) is 56.8 Å².